The molecule has 0 aliphatic carbocycles. The van der Waals surface area contributed by atoms with Gasteiger partial charge in [-0.3, -0.25) is 14.9 Å². The molecule has 10 heavy (non-hydrogen) atoms. The molecule has 0 fully saturated rings. The molecule has 1 N–H and O–H groups in total. The molecule has 0 aromatic heterocycles. The zero-order valence-corrected chi connectivity index (χ0v) is 6.11. The Labute approximate surface area is 63.0 Å². The topological polar surface area (TPSA) is 46.2 Å². The molecule has 0 saturated heterocycles. The Kier molecular flexibility index (Phi) is 1.76. The van der Waals surface area contributed by atoms with Crippen LogP contribution in [0, 0.1) is 0 Å². The van der Waals surface area contributed by atoms with Crippen LogP contribution in [-0.4, -0.2) is 17.2 Å². The highest BCUT2D eigenvalue weighted by Gasteiger charge is 2.23. The lowest BCUT2D eigenvalue weighted by Gasteiger charge is -1.98. The molecule has 0 radical (unpaired) electrons. The summed E-state index contributed by atoms with van der Waals surface area (Å²) in [5.74, 6) is -0.764. The van der Waals surface area contributed by atoms with E-state index >= 15 is 0 Å². The number of amides is 2. The Morgan fingerprint density at radius 2 is 2.20 bits per heavy atom. The minimum Gasteiger partial charge on any atom is -0.289 e. The Morgan fingerprint density at radius 3 is 2.40 bits per heavy atom. The van der Waals surface area contributed by atoms with Gasteiger partial charge < -0.3 is 0 Å². The Balaban J connectivity index is 2.85. The fraction of sp³-hybridized carbons (Fsp3) is 0.333. The first-order valence-corrected chi connectivity index (χ1v) is 3.26. The second-order valence-electron chi connectivity index (χ2n) is 2.03. The molecule has 1 atom stereocenters. The molecular formula is C6H6ClNO2. The summed E-state index contributed by atoms with van der Waals surface area (Å²) in [5.41, 5.74) is 0.340. The number of alkyl halides is 1. The lowest BCUT2D eigenvalue weighted by Crippen LogP contribution is -2.23. The lowest BCUT2D eigenvalue weighted by molar-refractivity contribution is -0.123. The molecule has 4 heteroatoms. The van der Waals surface area contributed by atoms with Gasteiger partial charge in [-0.15, -0.1) is 11.6 Å². The van der Waals surface area contributed by atoms with Crippen LogP contribution in [0.25, 0.3) is 0 Å². The van der Waals surface area contributed by atoms with E-state index in [0.29, 0.717) is 5.57 Å². The van der Waals surface area contributed by atoms with Crippen LogP contribution in [0.4, 0.5) is 0 Å². The van der Waals surface area contributed by atoms with E-state index in [0.717, 1.165) is 0 Å². The van der Waals surface area contributed by atoms with E-state index in [1.54, 1.807) is 6.92 Å². The van der Waals surface area contributed by atoms with Gasteiger partial charge in [0.25, 0.3) is 11.8 Å². The third kappa shape index (κ3) is 1.19. The maximum absolute atomic E-state index is 10.7. The van der Waals surface area contributed by atoms with E-state index in [1.807, 2.05) is 0 Å². The van der Waals surface area contributed by atoms with Gasteiger partial charge in [0, 0.05) is 11.6 Å². The third-order valence-electron chi connectivity index (χ3n) is 1.21. The van der Waals surface area contributed by atoms with Crippen LogP contribution in [0.3, 0.4) is 0 Å². The SMILES string of the molecule is CC(Cl)C1=CC(=O)NC1=O. The predicted octanol–water partition coefficient (Wildman–Crippen LogP) is 0.196. The fourth-order valence-electron chi connectivity index (χ4n) is 0.722. The molecule has 1 heterocycles. The van der Waals surface area contributed by atoms with Crippen molar-refractivity contribution in [3.8, 4) is 0 Å². The van der Waals surface area contributed by atoms with Gasteiger partial charge in [0.05, 0.1) is 5.38 Å². The number of hydrogen-bond acceptors (Lipinski definition) is 2. The highest BCUT2D eigenvalue weighted by atomic mass is 35.5. The van der Waals surface area contributed by atoms with Gasteiger partial charge in [-0.2, -0.15) is 0 Å². The quantitative estimate of drug-likeness (QED) is 0.439. The lowest BCUT2D eigenvalue weighted by atomic mass is 10.2. The van der Waals surface area contributed by atoms with E-state index in [-0.39, 0.29) is 11.8 Å². The summed E-state index contributed by atoms with van der Waals surface area (Å²) in [6.45, 7) is 1.64. The average Bonchev–Trinajstić information content (AvgIpc) is 2.10. The number of carbonyl (C=O) groups is 2. The summed E-state index contributed by atoms with van der Waals surface area (Å²) in [5, 5.41) is 1.70. The molecular weight excluding hydrogens is 154 g/mol. The second kappa shape index (κ2) is 2.42. The van der Waals surface area contributed by atoms with E-state index < -0.39 is 5.38 Å². The minimum atomic E-state index is -0.397. The fourth-order valence-corrected chi connectivity index (χ4v) is 0.884. The maximum atomic E-state index is 10.7. The maximum Gasteiger partial charge on any atom is 0.255 e. The van der Waals surface area contributed by atoms with E-state index in [1.165, 1.54) is 6.08 Å². The first-order chi connectivity index (χ1) is 4.61. The van der Waals surface area contributed by atoms with Crippen molar-refractivity contribution >= 4 is 23.4 Å². The average molecular weight is 160 g/mol. The van der Waals surface area contributed by atoms with Crippen LogP contribution < -0.4 is 5.32 Å². The van der Waals surface area contributed by atoms with Gasteiger partial charge in [-0.25, -0.2) is 0 Å². The number of nitrogens with one attached hydrogen (secondary N) is 1. The van der Waals surface area contributed by atoms with Gasteiger partial charge in [-0.1, -0.05) is 0 Å². The van der Waals surface area contributed by atoms with Crippen LogP contribution in [0.2, 0.25) is 0 Å². The first-order valence-electron chi connectivity index (χ1n) is 2.82. The van der Waals surface area contributed by atoms with Crippen molar-refractivity contribution in [2.45, 2.75) is 12.3 Å². The van der Waals surface area contributed by atoms with Gasteiger partial charge in [0.2, 0.25) is 0 Å². The molecule has 0 aromatic rings. The first kappa shape index (κ1) is 7.28. The highest BCUT2D eigenvalue weighted by Crippen LogP contribution is 2.12. The Bertz CT molecular complexity index is 220. The summed E-state index contributed by atoms with van der Waals surface area (Å²) in [6, 6.07) is 0. The van der Waals surface area contributed by atoms with E-state index in [4.69, 9.17) is 11.6 Å². The number of imide groups is 1. The summed E-state index contributed by atoms with van der Waals surface area (Å²) >= 11 is 5.56. The molecule has 0 spiro atoms. The van der Waals surface area contributed by atoms with Crippen LogP contribution in [0.1, 0.15) is 6.92 Å². The molecule has 2 amide bonds. The number of carbonyl (C=O) groups excluding carboxylic acids is 2. The molecule has 54 valence electrons. The molecule has 0 saturated carbocycles. The molecule has 3 nitrogen and oxygen atoms in total. The van der Waals surface area contributed by atoms with E-state index in [9.17, 15) is 9.59 Å². The predicted molar refractivity (Wildman–Crippen MR) is 36.5 cm³/mol. The van der Waals surface area contributed by atoms with Crippen LogP contribution in [0.5, 0.6) is 0 Å². The molecule has 1 rings (SSSR count). The Hall–Kier alpha value is -0.830. The van der Waals surface area contributed by atoms with Gasteiger partial charge in [-0.05, 0) is 6.92 Å². The molecule has 0 bridgehead atoms. The molecule has 1 unspecified atom stereocenters. The highest BCUT2D eigenvalue weighted by molar-refractivity contribution is 6.29. The van der Waals surface area contributed by atoms with Crippen molar-refractivity contribution in [3.63, 3.8) is 0 Å². The second-order valence-corrected chi connectivity index (χ2v) is 2.69. The largest absolute Gasteiger partial charge is 0.289 e. The standard InChI is InChI=1S/C6H6ClNO2/c1-3(7)4-2-5(9)8-6(4)10/h2-3H,1H3,(H,8,9,10). The van der Waals surface area contributed by atoms with Gasteiger partial charge in [0.1, 0.15) is 0 Å². The van der Waals surface area contributed by atoms with Gasteiger partial charge >= 0.3 is 0 Å². The normalized spacial score (nSPS) is 20.4. The van der Waals surface area contributed by atoms with Crippen molar-refractivity contribution in [1.82, 2.24) is 5.32 Å². The van der Waals surface area contributed by atoms with Crippen molar-refractivity contribution in [3.05, 3.63) is 11.6 Å². The summed E-state index contributed by atoms with van der Waals surface area (Å²) < 4.78 is 0. The van der Waals surface area contributed by atoms with Crippen LogP contribution in [0.15, 0.2) is 11.6 Å². The van der Waals surface area contributed by atoms with Gasteiger partial charge in [0.15, 0.2) is 0 Å². The minimum absolute atomic E-state index is 0.340. The zero-order chi connectivity index (χ0) is 7.72. The monoisotopic (exact) mass is 159 g/mol. The molecule has 1 aliphatic heterocycles. The molecule has 0 aromatic carbocycles. The van der Waals surface area contributed by atoms with Crippen molar-refractivity contribution in [2.24, 2.45) is 0 Å². The van der Waals surface area contributed by atoms with Crippen LogP contribution in [-0.2, 0) is 9.59 Å². The Morgan fingerprint density at radius 1 is 1.60 bits per heavy atom. The third-order valence-corrected chi connectivity index (χ3v) is 1.45. The summed E-state index contributed by atoms with van der Waals surface area (Å²) in [4.78, 5) is 21.2. The van der Waals surface area contributed by atoms with Crippen molar-refractivity contribution in [2.75, 3.05) is 0 Å². The number of rotatable bonds is 1. The smallest absolute Gasteiger partial charge is 0.255 e. The van der Waals surface area contributed by atoms with Crippen molar-refractivity contribution < 1.29 is 9.59 Å². The number of halogens is 1. The van der Waals surface area contributed by atoms with Crippen molar-refractivity contribution in [1.29, 1.82) is 0 Å². The van der Waals surface area contributed by atoms with Crippen LogP contribution >= 0.6 is 11.6 Å². The van der Waals surface area contributed by atoms with E-state index in [2.05, 4.69) is 5.32 Å². The summed E-state index contributed by atoms with van der Waals surface area (Å²) in [6.07, 6.45) is 1.22. The zero-order valence-electron chi connectivity index (χ0n) is 5.35. The summed E-state index contributed by atoms with van der Waals surface area (Å²) in [7, 11) is 0. The molecule has 1 aliphatic rings. The number of hydrogen-bond donors (Lipinski definition) is 1.